The summed E-state index contributed by atoms with van der Waals surface area (Å²) in [6, 6.07) is 11.3. The smallest absolute Gasteiger partial charge is 0.119 e. The lowest BCUT2D eigenvalue weighted by Crippen LogP contribution is -2.03. The number of aryl methyl sites for hydroxylation is 2. The van der Waals surface area contributed by atoms with Crippen molar-refractivity contribution in [2.75, 3.05) is 0 Å². The van der Waals surface area contributed by atoms with Gasteiger partial charge in [-0.1, -0.05) is 48.7 Å². The van der Waals surface area contributed by atoms with Crippen molar-refractivity contribution in [1.82, 2.24) is 0 Å². The molecule has 0 bridgehead atoms. The molecule has 0 aliphatic rings. The maximum atomic E-state index is 10.2. The molecule has 2 aromatic carbocycles. The fourth-order valence-corrected chi connectivity index (χ4v) is 2.67. The molecule has 0 fully saturated rings. The lowest BCUT2D eigenvalue weighted by atomic mass is 9.85. The number of hydrogen-bond acceptors (Lipinski definition) is 2. The average Bonchev–Trinajstić information content (AvgIpc) is 2.42. The van der Waals surface area contributed by atoms with E-state index in [0.717, 1.165) is 35.1 Å². The largest absolute Gasteiger partial charge is 0.508 e. The normalized spacial score (nSPS) is 11.0. The van der Waals surface area contributed by atoms with Gasteiger partial charge in [0.1, 0.15) is 11.5 Å². The molecule has 0 saturated carbocycles. The van der Waals surface area contributed by atoms with Crippen LogP contribution in [0.25, 0.3) is 0 Å². The van der Waals surface area contributed by atoms with Crippen LogP contribution in [0.2, 0.25) is 0 Å². The first-order valence-corrected chi connectivity index (χ1v) is 7.12. The summed E-state index contributed by atoms with van der Waals surface area (Å²) in [6.07, 6.45) is 1.89. The summed E-state index contributed by atoms with van der Waals surface area (Å²) in [4.78, 5) is 0. The van der Waals surface area contributed by atoms with Gasteiger partial charge in [0.2, 0.25) is 0 Å². The highest BCUT2D eigenvalue weighted by molar-refractivity contribution is 5.48. The van der Waals surface area contributed by atoms with Gasteiger partial charge in [-0.2, -0.15) is 0 Å². The number of phenolic OH excluding ortho intramolecular Hbond substituents is 2. The Morgan fingerprint density at radius 1 is 0.850 bits per heavy atom. The second-order valence-corrected chi connectivity index (χ2v) is 5.47. The third-order valence-electron chi connectivity index (χ3n) is 3.69. The first kappa shape index (κ1) is 14.4. The Balaban J connectivity index is 2.55. The van der Waals surface area contributed by atoms with Gasteiger partial charge < -0.3 is 10.2 Å². The molecule has 0 radical (unpaired) electrons. The Labute approximate surface area is 120 Å². The Kier molecular flexibility index (Phi) is 4.33. The Hall–Kier alpha value is -1.96. The van der Waals surface area contributed by atoms with Crippen molar-refractivity contribution in [3.8, 4) is 11.5 Å². The van der Waals surface area contributed by atoms with E-state index in [1.165, 1.54) is 0 Å². The van der Waals surface area contributed by atoms with Crippen molar-refractivity contribution in [2.24, 2.45) is 0 Å². The molecule has 2 rings (SSSR count). The zero-order valence-electron chi connectivity index (χ0n) is 12.4. The van der Waals surface area contributed by atoms with Gasteiger partial charge in [0, 0.05) is 17.0 Å². The van der Waals surface area contributed by atoms with Gasteiger partial charge in [-0.25, -0.2) is 0 Å². The molecule has 0 aliphatic heterocycles. The highest BCUT2D eigenvalue weighted by Crippen LogP contribution is 2.39. The van der Waals surface area contributed by atoms with E-state index in [9.17, 15) is 10.2 Å². The van der Waals surface area contributed by atoms with Crippen LogP contribution in [0.3, 0.4) is 0 Å². The molecule has 0 saturated heterocycles. The SMILES string of the molecule is CCCC(c1cc(C)ccc1O)c1cc(C)ccc1O. The fourth-order valence-electron chi connectivity index (χ4n) is 2.67. The Bertz CT molecular complexity index is 551. The van der Waals surface area contributed by atoms with Gasteiger partial charge in [-0.15, -0.1) is 0 Å². The number of phenols is 2. The molecule has 0 atom stereocenters. The van der Waals surface area contributed by atoms with Crippen molar-refractivity contribution in [3.63, 3.8) is 0 Å². The molecular weight excluding hydrogens is 248 g/mol. The van der Waals surface area contributed by atoms with E-state index in [0.29, 0.717) is 11.5 Å². The second-order valence-electron chi connectivity index (χ2n) is 5.47. The molecule has 2 heteroatoms. The van der Waals surface area contributed by atoms with Crippen molar-refractivity contribution >= 4 is 0 Å². The van der Waals surface area contributed by atoms with Crippen LogP contribution in [0.15, 0.2) is 36.4 Å². The van der Waals surface area contributed by atoms with Crippen LogP contribution in [0.5, 0.6) is 11.5 Å². The van der Waals surface area contributed by atoms with E-state index in [-0.39, 0.29) is 5.92 Å². The molecule has 106 valence electrons. The third kappa shape index (κ3) is 2.96. The van der Waals surface area contributed by atoms with Crippen LogP contribution in [-0.2, 0) is 0 Å². The van der Waals surface area contributed by atoms with Crippen molar-refractivity contribution in [3.05, 3.63) is 58.7 Å². The van der Waals surface area contributed by atoms with Gasteiger partial charge in [-0.05, 0) is 32.4 Å². The zero-order chi connectivity index (χ0) is 14.7. The Morgan fingerprint density at radius 2 is 1.30 bits per heavy atom. The van der Waals surface area contributed by atoms with Gasteiger partial charge in [0.15, 0.2) is 0 Å². The molecule has 0 heterocycles. The number of hydrogen-bond donors (Lipinski definition) is 2. The minimum Gasteiger partial charge on any atom is -0.508 e. The maximum absolute atomic E-state index is 10.2. The molecule has 0 amide bonds. The van der Waals surface area contributed by atoms with Crippen LogP contribution < -0.4 is 0 Å². The van der Waals surface area contributed by atoms with E-state index in [4.69, 9.17) is 0 Å². The van der Waals surface area contributed by atoms with Crippen LogP contribution >= 0.6 is 0 Å². The van der Waals surface area contributed by atoms with Crippen molar-refractivity contribution < 1.29 is 10.2 Å². The standard InChI is InChI=1S/C18H22O2/c1-4-5-14(15-10-12(2)6-8-17(15)19)16-11-13(3)7-9-18(16)20/h6-11,14,19-20H,4-5H2,1-3H3. The minimum absolute atomic E-state index is 0.0276. The van der Waals surface area contributed by atoms with E-state index >= 15 is 0 Å². The quantitative estimate of drug-likeness (QED) is 0.849. The van der Waals surface area contributed by atoms with Crippen LogP contribution in [0.4, 0.5) is 0 Å². The van der Waals surface area contributed by atoms with E-state index in [1.54, 1.807) is 12.1 Å². The second kappa shape index (κ2) is 6.00. The summed E-state index contributed by atoms with van der Waals surface area (Å²) in [5.74, 6) is 0.629. The predicted octanol–water partition coefficient (Wildman–Crippen LogP) is 4.65. The van der Waals surface area contributed by atoms with Gasteiger partial charge >= 0.3 is 0 Å². The van der Waals surface area contributed by atoms with E-state index < -0.39 is 0 Å². The van der Waals surface area contributed by atoms with Crippen molar-refractivity contribution in [1.29, 1.82) is 0 Å². The lowest BCUT2D eigenvalue weighted by molar-refractivity contribution is 0.450. The summed E-state index contributed by atoms with van der Waals surface area (Å²) in [5.41, 5.74) is 4.03. The number of benzene rings is 2. The first-order chi connectivity index (χ1) is 9.52. The molecule has 2 aromatic rings. The minimum atomic E-state index is 0.0276. The molecular formula is C18H22O2. The first-order valence-electron chi connectivity index (χ1n) is 7.12. The monoisotopic (exact) mass is 270 g/mol. The zero-order valence-corrected chi connectivity index (χ0v) is 12.4. The van der Waals surface area contributed by atoms with Crippen LogP contribution in [0.1, 0.15) is 47.9 Å². The predicted molar refractivity (Wildman–Crippen MR) is 82.4 cm³/mol. The highest BCUT2D eigenvalue weighted by Gasteiger charge is 2.20. The number of aromatic hydroxyl groups is 2. The molecule has 0 aromatic heterocycles. The van der Waals surface area contributed by atoms with Crippen LogP contribution in [0, 0.1) is 13.8 Å². The molecule has 20 heavy (non-hydrogen) atoms. The maximum Gasteiger partial charge on any atom is 0.119 e. The van der Waals surface area contributed by atoms with Crippen LogP contribution in [-0.4, -0.2) is 10.2 Å². The molecule has 2 nitrogen and oxygen atoms in total. The third-order valence-corrected chi connectivity index (χ3v) is 3.69. The molecule has 0 aliphatic carbocycles. The summed E-state index contributed by atoms with van der Waals surface area (Å²) in [7, 11) is 0. The molecule has 0 unspecified atom stereocenters. The summed E-state index contributed by atoms with van der Waals surface area (Å²) in [5, 5.41) is 20.3. The summed E-state index contributed by atoms with van der Waals surface area (Å²) in [6.45, 7) is 6.15. The van der Waals surface area contributed by atoms with Gasteiger partial charge in [-0.3, -0.25) is 0 Å². The van der Waals surface area contributed by atoms with Gasteiger partial charge in [0.25, 0.3) is 0 Å². The van der Waals surface area contributed by atoms with E-state index in [1.807, 2.05) is 38.1 Å². The molecule has 0 spiro atoms. The molecule has 2 N–H and O–H groups in total. The lowest BCUT2D eigenvalue weighted by Gasteiger charge is -2.20. The Morgan fingerprint density at radius 3 is 1.70 bits per heavy atom. The average molecular weight is 270 g/mol. The topological polar surface area (TPSA) is 40.5 Å². The highest BCUT2D eigenvalue weighted by atomic mass is 16.3. The van der Waals surface area contributed by atoms with E-state index in [2.05, 4.69) is 6.92 Å². The van der Waals surface area contributed by atoms with Gasteiger partial charge in [0.05, 0.1) is 0 Å². The number of rotatable bonds is 4. The summed E-state index contributed by atoms with van der Waals surface area (Å²) >= 11 is 0. The van der Waals surface area contributed by atoms with Crippen molar-refractivity contribution in [2.45, 2.75) is 39.5 Å². The summed E-state index contributed by atoms with van der Waals surface area (Å²) < 4.78 is 0. The fraction of sp³-hybridized carbons (Fsp3) is 0.333.